The first-order chi connectivity index (χ1) is 7.58. The number of thiophene rings is 1. The minimum Gasteiger partial charge on any atom is -0.481 e. The summed E-state index contributed by atoms with van der Waals surface area (Å²) in [6.45, 7) is 1.90. The van der Waals surface area contributed by atoms with Gasteiger partial charge in [-0.3, -0.25) is 9.59 Å². The first kappa shape index (κ1) is 11.1. The van der Waals surface area contributed by atoms with Gasteiger partial charge in [0.25, 0.3) is 5.91 Å². The number of carboxylic acid groups (broad SMARTS) is 1. The van der Waals surface area contributed by atoms with Crippen LogP contribution in [0.3, 0.4) is 0 Å². The Balaban J connectivity index is 1.87. The van der Waals surface area contributed by atoms with Gasteiger partial charge in [0.05, 0.1) is 10.8 Å². The van der Waals surface area contributed by atoms with Crippen LogP contribution in [0.2, 0.25) is 0 Å². The quantitative estimate of drug-likeness (QED) is 0.842. The van der Waals surface area contributed by atoms with E-state index in [4.69, 9.17) is 5.11 Å². The zero-order chi connectivity index (χ0) is 11.7. The Morgan fingerprint density at radius 2 is 2.19 bits per heavy atom. The summed E-state index contributed by atoms with van der Waals surface area (Å²) in [4.78, 5) is 23.1. The van der Waals surface area contributed by atoms with Crippen LogP contribution in [0.15, 0.2) is 11.4 Å². The molecule has 16 heavy (non-hydrogen) atoms. The Morgan fingerprint density at radius 3 is 2.69 bits per heavy atom. The van der Waals surface area contributed by atoms with Crippen LogP contribution in [0.25, 0.3) is 0 Å². The molecule has 4 nitrogen and oxygen atoms in total. The highest BCUT2D eigenvalue weighted by Gasteiger charge is 2.35. The molecule has 2 rings (SSSR count). The first-order valence-electron chi connectivity index (χ1n) is 5.15. The summed E-state index contributed by atoms with van der Waals surface area (Å²) in [7, 11) is 0. The maximum absolute atomic E-state index is 11.8. The molecule has 1 aromatic rings. The topological polar surface area (TPSA) is 66.4 Å². The summed E-state index contributed by atoms with van der Waals surface area (Å²) in [5.74, 6) is -1.13. The predicted molar refractivity (Wildman–Crippen MR) is 60.7 cm³/mol. The third kappa shape index (κ3) is 2.09. The molecule has 0 bridgehead atoms. The summed E-state index contributed by atoms with van der Waals surface area (Å²) in [5.41, 5.74) is 0.969. The summed E-state index contributed by atoms with van der Waals surface area (Å²) >= 11 is 1.41. The van der Waals surface area contributed by atoms with Gasteiger partial charge in [-0.2, -0.15) is 0 Å². The maximum atomic E-state index is 11.8. The SMILES string of the molecule is Cc1ccsc1C(=O)NC1CC(C(=O)O)C1. The Bertz CT molecular complexity index is 421. The standard InChI is InChI=1S/C11H13NO3S/c1-6-2-3-16-9(6)10(13)12-8-4-7(5-8)11(14)15/h2-3,7-8H,4-5H2,1H3,(H,12,13)(H,14,15). The average molecular weight is 239 g/mol. The maximum Gasteiger partial charge on any atom is 0.306 e. The molecule has 1 aromatic heterocycles. The van der Waals surface area contributed by atoms with Crippen molar-refractivity contribution in [3.63, 3.8) is 0 Å². The lowest BCUT2D eigenvalue weighted by Gasteiger charge is -2.32. The highest BCUT2D eigenvalue weighted by molar-refractivity contribution is 7.12. The monoisotopic (exact) mass is 239 g/mol. The Hall–Kier alpha value is -1.36. The van der Waals surface area contributed by atoms with Gasteiger partial charge in [-0.05, 0) is 36.8 Å². The minimum absolute atomic E-state index is 0.0232. The normalized spacial score (nSPS) is 23.6. The number of carbonyl (C=O) groups excluding carboxylic acids is 1. The van der Waals surface area contributed by atoms with Crippen LogP contribution in [0.5, 0.6) is 0 Å². The van der Waals surface area contributed by atoms with Gasteiger partial charge in [0.1, 0.15) is 0 Å². The lowest BCUT2D eigenvalue weighted by molar-refractivity contribution is -0.145. The molecule has 0 aliphatic heterocycles. The van der Waals surface area contributed by atoms with Crippen LogP contribution in [0, 0.1) is 12.8 Å². The first-order valence-corrected chi connectivity index (χ1v) is 6.03. The zero-order valence-corrected chi connectivity index (χ0v) is 9.71. The molecule has 0 radical (unpaired) electrons. The lowest BCUT2D eigenvalue weighted by atomic mass is 9.80. The van der Waals surface area contributed by atoms with E-state index in [0.29, 0.717) is 12.8 Å². The molecule has 0 unspecified atom stereocenters. The van der Waals surface area contributed by atoms with Gasteiger partial charge in [0.2, 0.25) is 0 Å². The highest BCUT2D eigenvalue weighted by Crippen LogP contribution is 2.28. The molecular formula is C11H13NO3S. The molecule has 86 valence electrons. The minimum atomic E-state index is -0.766. The number of hydrogen-bond donors (Lipinski definition) is 2. The van der Waals surface area contributed by atoms with Gasteiger partial charge < -0.3 is 10.4 Å². The molecule has 0 aromatic carbocycles. The van der Waals surface area contributed by atoms with Crippen LogP contribution >= 0.6 is 11.3 Å². The van der Waals surface area contributed by atoms with Crippen molar-refractivity contribution in [1.29, 1.82) is 0 Å². The summed E-state index contributed by atoms with van der Waals surface area (Å²) in [6, 6.07) is 1.93. The average Bonchev–Trinajstić information content (AvgIpc) is 2.56. The van der Waals surface area contributed by atoms with E-state index in [-0.39, 0.29) is 17.9 Å². The van der Waals surface area contributed by atoms with Crippen LogP contribution in [-0.4, -0.2) is 23.0 Å². The van der Waals surface area contributed by atoms with Crippen molar-refractivity contribution in [2.45, 2.75) is 25.8 Å². The number of nitrogens with one attached hydrogen (secondary N) is 1. The molecule has 0 saturated heterocycles. The molecule has 1 aliphatic carbocycles. The van der Waals surface area contributed by atoms with Crippen LogP contribution < -0.4 is 5.32 Å². The van der Waals surface area contributed by atoms with Crippen molar-refractivity contribution < 1.29 is 14.7 Å². The molecule has 1 saturated carbocycles. The molecular weight excluding hydrogens is 226 g/mol. The molecule has 1 heterocycles. The summed E-state index contributed by atoms with van der Waals surface area (Å²) in [5, 5.41) is 13.4. The molecule has 1 amide bonds. The van der Waals surface area contributed by atoms with Crippen molar-refractivity contribution in [2.75, 3.05) is 0 Å². The van der Waals surface area contributed by atoms with Crippen molar-refractivity contribution in [3.8, 4) is 0 Å². The van der Waals surface area contributed by atoms with Gasteiger partial charge >= 0.3 is 5.97 Å². The molecule has 0 spiro atoms. The van der Waals surface area contributed by atoms with E-state index in [0.717, 1.165) is 10.4 Å². The third-order valence-electron chi connectivity index (χ3n) is 2.89. The molecule has 2 N–H and O–H groups in total. The number of aryl methyl sites for hydroxylation is 1. The number of rotatable bonds is 3. The second-order valence-electron chi connectivity index (χ2n) is 4.11. The van der Waals surface area contributed by atoms with Gasteiger partial charge in [-0.15, -0.1) is 11.3 Å². The van der Waals surface area contributed by atoms with Crippen LogP contribution in [0.4, 0.5) is 0 Å². The highest BCUT2D eigenvalue weighted by atomic mass is 32.1. The lowest BCUT2D eigenvalue weighted by Crippen LogP contribution is -2.46. The van der Waals surface area contributed by atoms with Gasteiger partial charge in [0.15, 0.2) is 0 Å². The van der Waals surface area contributed by atoms with E-state index in [1.807, 2.05) is 18.4 Å². The number of amides is 1. The van der Waals surface area contributed by atoms with E-state index in [2.05, 4.69) is 5.32 Å². The number of aliphatic carboxylic acids is 1. The Morgan fingerprint density at radius 1 is 1.50 bits per heavy atom. The zero-order valence-electron chi connectivity index (χ0n) is 8.90. The van der Waals surface area contributed by atoms with Crippen molar-refractivity contribution in [2.24, 2.45) is 5.92 Å². The van der Waals surface area contributed by atoms with Crippen molar-refractivity contribution in [1.82, 2.24) is 5.32 Å². The fraction of sp³-hybridized carbons (Fsp3) is 0.455. The smallest absolute Gasteiger partial charge is 0.306 e. The molecule has 5 heteroatoms. The summed E-state index contributed by atoms with van der Waals surface area (Å²) in [6.07, 6.45) is 1.09. The fourth-order valence-electron chi connectivity index (χ4n) is 1.79. The second kappa shape index (κ2) is 4.25. The predicted octanol–water partition coefficient (Wildman–Crippen LogP) is 1.65. The Labute approximate surface area is 97.3 Å². The number of carbonyl (C=O) groups is 2. The van der Waals surface area contributed by atoms with Crippen molar-refractivity contribution >= 4 is 23.2 Å². The van der Waals surface area contributed by atoms with E-state index in [1.54, 1.807) is 0 Å². The number of carboxylic acids is 1. The summed E-state index contributed by atoms with van der Waals surface area (Å²) < 4.78 is 0. The number of hydrogen-bond acceptors (Lipinski definition) is 3. The van der Waals surface area contributed by atoms with Crippen LogP contribution in [-0.2, 0) is 4.79 Å². The largest absolute Gasteiger partial charge is 0.481 e. The van der Waals surface area contributed by atoms with E-state index in [1.165, 1.54) is 11.3 Å². The van der Waals surface area contributed by atoms with Gasteiger partial charge in [0, 0.05) is 6.04 Å². The van der Waals surface area contributed by atoms with E-state index in [9.17, 15) is 9.59 Å². The molecule has 0 atom stereocenters. The fourth-order valence-corrected chi connectivity index (χ4v) is 2.62. The van der Waals surface area contributed by atoms with E-state index < -0.39 is 5.97 Å². The van der Waals surface area contributed by atoms with Gasteiger partial charge in [-0.1, -0.05) is 0 Å². The molecule has 1 fully saturated rings. The second-order valence-corrected chi connectivity index (χ2v) is 5.03. The molecule has 1 aliphatic rings. The van der Waals surface area contributed by atoms with Crippen LogP contribution in [0.1, 0.15) is 28.1 Å². The Kier molecular flexibility index (Phi) is 2.96. The van der Waals surface area contributed by atoms with E-state index >= 15 is 0 Å². The van der Waals surface area contributed by atoms with Crippen molar-refractivity contribution in [3.05, 3.63) is 21.9 Å². The van der Waals surface area contributed by atoms with Gasteiger partial charge in [-0.25, -0.2) is 0 Å². The third-order valence-corrected chi connectivity index (χ3v) is 3.91.